The number of thiazole rings is 1. The summed E-state index contributed by atoms with van der Waals surface area (Å²) in [5.41, 5.74) is 3.27. The molecule has 0 atom stereocenters. The van der Waals surface area contributed by atoms with E-state index in [0.717, 1.165) is 37.3 Å². The molecule has 8 heteroatoms. The van der Waals surface area contributed by atoms with Crippen molar-refractivity contribution in [2.45, 2.75) is 0 Å². The number of halogens is 1. The van der Waals surface area contributed by atoms with Gasteiger partial charge in [-0.2, -0.15) is 14.0 Å². The molecule has 2 aromatic heterocycles. The summed E-state index contributed by atoms with van der Waals surface area (Å²) >= 11 is 1.72. The highest BCUT2D eigenvalue weighted by molar-refractivity contribution is 7.21. The first kappa shape index (κ1) is 21.2. The number of pyridine rings is 1. The Kier molecular flexibility index (Phi) is 5.88. The smallest absolute Gasteiger partial charge is 0.373 e. The molecule has 0 bridgehead atoms. The highest BCUT2D eigenvalue weighted by atomic mass is 35.7. The van der Waals surface area contributed by atoms with Crippen molar-refractivity contribution in [2.24, 2.45) is 0 Å². The summed E-state index contributed by atoms with van der Waals surface area (Å²) in [6.07, 6.45) is 0. The topological polar surface area (TPSA) is 114 Å². The minimum atomic E-state index is -4.69. The third-order valence-electron chi connectivity index (χ3n) is 4.63. The van der Waals surface area contributed by atoms with E-state index in [-0.39, 0.29) is 5.88 Å². The van der Waals surface area contributed by atoms with E-state index in [4.69, 9.17) is 18.6 Å². The fourth-order valence-corrected chi connectivity index (χ4v) is 4.78. The number of aromatic nitrogens is 1. The maximum absolute atomic E-state index is 10.8. The molecule has 0 amide bonds. The summed E-state index contributed by atoms with van der Waals surface area (Å²) in [5, 5.41) is 13.0. The van der Waals surface area contributed by atoms with E-state index in [2.05, 4.69) is 42.5 Å². The van der Waals surface area contributed by atoms with E-state index < -0.39 is 10.2 Å². The van der Waals surface area contributed by atoms with Gasteiger partial charge < -0.3 is 5.11 Å². The van der Waals surface area contributed by atoms with Gasteiger partial charge in [0.25, 0.3) is 4.83 Å². The van der Waals surface area contributed by atoms with Gasteiger partial charge in [0.05, 0.1) is 26.4 Å². The van der Waals surface area contributed by atoms with Crippen molar-refractivity contribution < 1.29 is 38.4 Å². The molecule has 0 saturated carbocycles. The van der Waals surface area contributed by atoms with Crippen LogP contribution in [0.25, 0.3) is 37.3 Å². The Morgan fingerprint density at radius 2 is 1.26 bits per heavy atom. The third-order valence-corrected chi connectivity index (χ3v) is 5.86. The SMILES string of the molecule is Oc1cc2ccccc2c2sc(-c3ccccc3)c(-c3ccccc3)[n+]12.[O-][Cl+3]([O-])([O-])O. The maximum atomic E-state index is 10.8. The predicted octanol–water partition coefficient (Wildman–Crippen LogP) is 1.56. The summed E-state index contributed by atoms with van der Waals surface area (Å²) in [6, 6.07) is 30.7. The molecule has 0 radical (unpaired) electrons. The molecule has 0 unspecified atom stereocenters. The molecule has 6 nitrogen and oxygen atoms in total. The van der Waals surface area contributed by atoms with E-state index in [1.54, 1.807) is 11.3 Å². The molecule has 156 valence electrons. The van der Waals surface area contributed by atoms with Crippen molar-refractivity contribution in [1.29, 1.82) is 0 Å². The molecule has 0 aliphatic heterocycles. The molecule has 0 spiro atoms. The van der Waals surface area contributed by atoms with Gasteiger partial charge in [0.1, 0.15) is 4.88 Å². The maximum Gasteiger partial charge on any atom is 0.373 e. The van der Waals surface area contributed by atoms with Crippen molar-refractivity contribution in [3.05, 3.63) is 91.0 Å². The van der Waals surface area contributed by atoms with Gasteiger partial charge in [-0.1, -0.05) is 78.1 Å². The van der Waals surface area contributed by atoms with Gasteiger partial charge in [-0.3, -0.25) is 0 Å². The van der Waals surface area contributed by atoms with Crippen molar-refractivity contribution in [3.8, 4) is 27.6 Å². The lowest BCUT2D eigenvalue weighted by Crippen LogP contribution is -2.58. The number of fused-ring (bicyclic) bond motifs is 3. The highest BCUT2D eigenvalue weighted by Crippen LogP contribution is 2.39. The molecule has 0 saturated heterocycles. The van der Waals surface area contributed by atoms with Gasteiger partial charge in [0, 0.05) is 5.56 Å². The van der Waals surface area contributed by atoms with Gasteiger partial charge in [-0.05, 0) is 29.1 Å². The largest absolute Gasteiger partial charge is 0.459 e. The molecule has 31 heavy (non-hydrogen) atoms. The minimum Gasteiger partial charge on any atom is -0.459 e. The second-order valence-corrected chi connectivity index (χ2v) is 8.43. The molecule has 3 aromatic carbocycles. The Morgan fingerprint density at radius 3 is 1.87 bits per heavy atom. The Balaban J connectivity index is 0.000000418. The minimum absolute atomic E-state index is 0.260. The summed E-state index contributed by atoms with van der Waals surface area (Å²) in [5.74, 6) is 0.260. The molecule has 0 fully saturated rings. The quantitative estimate of drug-likeness (QED) is 0.393. The average Bonchev–Trinajstić information content (AvgIpc) is 3.16. The van der Waals surface area contributed by atoms with Crippen LogP contribution in [-0.2, 0) is 0 Å². The van der Waals surface area contributed by atoms with Crippen LogP contribution in [0.3, 0.4) is 0 Å². The Bertz CT molecular complexity index is 1330. The zero-order valence-corrected chi connectivity index (χ0v) is 17.6. The molecule has 0 aliphatic rings. The van der Waals surface area contributed by atoms with Gasteiger partial charge in [-0.25, -0.2) is 0 Å². The molecule has 5 aromatic rings. The van der Waals surface area contributed by atoms with Crippen molar-refractivity contribution in [3.63, 3.8) is 0 Å². The van der Waals surface area contributed by atoms with Crippen LogP contribution in [0, 0.1) is 10.2 Å². The first-order chi connectivity index (χ1) is 14.8. The van der Waals surface area contributed by atoms with Crippen LogP contribution >= 0.6 is 11.3 Å². The molecule has 2 N–H and O–H groups in total. The van der Waals surface area contributed by atoms with Crippen LogP contribution in [0.15, 0.2) is 91.0 Å². The lowest BCUT2D eigenvalue weighted by Gasteiger charge is -2.03. The molecule has 5 rings (SSSR count). The second kappa shape index (κ2) is 8.60. The fourth-order valence-electron chi connectivity index (χ4n) is 3.45. The fraction of sp³-hybridized carbons (Fsp3) is 0. The summed E-state index contributed by atoms with van der Waals surface area (Å²) in [4.78, 5) is 2.21. The molecule has 0 aliphatic carbocycles. The summed E-state index contributed by atoms with van der Waals surface area (Å²) in [7, 11) is -4.69. The Hall–Kier alpha value is -3.04. The third kappa shape index (κ3) is 4.67. The van der Waals surface area contributed by atoms with E-state index in [9.17, 15) is 5.11 Å². The van der Waals surface area contributed by atoms with Crippen LogP contribution in [-0.4, -0.2) is 9.77 Å². The van der Waals surface area contributed by atoms with Gasteiger partial charge in [0.15, 0.2) is 0 Å². The van der Waals surface area contributed by atoms with Crippen LogP contribution in [0.4, 0.5) is 0 Å². The van der Waals surface area contributed by atoms with Crippen LogP contribution < -0.4 is 18.4 Å². The number of aromatic hydroxyl groups is 1. The van der Waals surface area contributed by atoms with E-state index in [1.165, 1.54) is 0 Å². The first-order valence-corrected chi connectivity index (χ1v) is 11.2. The van der Waals surface area contributed by atoms with Crippen LogP contribution in [0.2, 0.25) is 0 Å². The Morgan fingerprint density at radius 1 is 0.742 bits per heavy atom. The Labute approximate surface area is 183 Å². The standard InChI is InChI=1S/C23H15NOS.ClHO4/c25-20-15-18-13-7-8-14-19(18)23-24(20)21(16-9-3-1-4-10-16)22(26-23)17-11-5-2-6-12-17;2-1(3,4)5/h1-15H;(H,2,3,4,5)/p+1. The lowest BCUT2D eigenvalue weighted by molar-refractivity contribution is -1.92. The van der Waals surface area contributed by atoms with E-state index >= 15 is 0 Å². The highest BCUT2D eigenvalue weighted by Gasteiger charge is 2.28. The average molecular weight is 455 g/mol. The predicted molar refractivity (Wildman–Crippen MR) is 110 cm³/mol. The van der Waals surface area contributed by atoms with Crippen LogP contribution in [0.1, 0.15) is 0 Å². The van der Waals surface area contributed by atoms with Gasteiger partial charge in [0.2, 0.25) is 5.69 Å². The van der Waals surface area contributed by atoms with Crippen molar-refractivity contribution in [2.75, 3.05) is 0 Å². The normalized spacial score (nSPS) is 11.4. The molecule has 2 heterocycles. The molecular formula is C23H17ClNO5S+. The number of nitrogens with zero attached hydrogens (tertiary/aromatic N) is 1. The first-order valence-electron chi connectivity index (χ1n) is 9.16. The molecular weight excluding hydrogens is 438 g/mol. The number of hydrogen-bond donors (Lipinski definition) is 2. The second-order valence-electron chi connectivity index (χ2n) is 6.64. The number of benzene rings is 3. The van der Waals surface area contributed by atoms with Gasteiger partial charge >= 0.3 is 5.88 Å². The zero-order valence-electron chi connectivity index (χ0n) is 16.0. The summed E-state index contributed by atoms with van der Waals surface area (Å²) < 4.78 is 34.7. The summed E-state index contributed by atoms with van der Waals surface area (Å²) in [6.45, 7) is 0. The van der Waals surface area contributed by atoms with E-state index in [1.807, 2.05) is 52.9 Å². The van der Waals surface area contributed by atoms with Gasteiger partial charge in [-0.15, -0.1) is 4.40 Å². The van der Waals surface area contributed by atoms with Crippen molar-refractivity contribution >= 4 is 26.9 Å². The van der Waals surface area contributed by atoms with Crippen LogP contribution in [0.5, 0.6) is 5.88 Å². The lowest BCUT2D eigenvalue weighted by atomic mass is 10.1. The van der Waals surface area contributed by atoms with E-state index in [0.29, 0.717) is 0 Å². The van der Waals surface area contributed by atoms with Crippen molar-refractivity contribution in [1.82, 2.24) is 0 Å². The monoisotopic (exact) mass is 454 g/mol. The number of rotatable bonds is 2. The number of hydrogen-bond acceptors (Lipinski definition) is 6. The zero-order chi connectivity index (χ0) is 22.0.